The monoisotopic (exact) mass is 267 g/mol. The average molecular weight is 268 g/mol. The number of hydrogen-bond acceptors (Lipinski definition) is 2. The standard InChI is InChI=1S/C14H18ClNO2/c1-16(12-7-9-18-10-8-12)14(17)13(15)11-5-3-2-4-6-11/h2-6,12-13H,7-10H2,1H3. The van der Waals surface area contributed by atoms with Crippen LogP contribution in [0.3, 0.4) is 0 Å². The van der Waals surface area contributed by atoms with E-state index in [0.29, 0.717) is 0 Å². The van der Waals surface area contributed by atoms with Crippen molar-refractivity contribution in [3.63, 3.8) is 0 Å². The van der Waals surface area contributed by atoms with Crippen LogP contribution in [-0.4, -0.2) is 37.1 Å². The number of ether oxygens (including phenoxy) is 1. The van der Waals surface area contributed by atoms with E-state index in [4.69, 9.17) is 16.3 Å². The lowest BCUT2D eigenvalue weighted by molar-refractivity contribution is -0.133. The third kappa shape index (κ3) is 3.03. The first-order valence-corrected chi connectivity index (χ1v) is 6.67. The summed E-state index contributed by atoms with van der Waals surface area (Å²) in [5.41, 5.74) is 0.850. The molecule has 4 heteroatoms. The summed E-state index contributed by atoms with van der Waals surface area (Å²) in [6, 6.07) is 9.72. The smallest absolute Gasteiger partial charge is 0.245 e. The molecule has 0 spiro atoms. The third-order valence-electron chi connectivity index (χ3n) is 3.40. The Labute approximate surface area is 113 Å². The maximum absolute atomic E-state index is 12.3. The first kappa shape index (κ1) is 13.4. The van der Waals surface area contributed by atoms with Crippen LogP contribution in [0.15, 0.2) is 30.3 Å². The van der Waals surface area contributed by atoms with Gasteiger partial charge in [-0.2, -0.15) is 0 Å². The Morgan fingerprint density at radius 3 is 2.56 bits per heavy atom. The van der Waals surface area contributed by atoms with Gasteiger partial charge in [0, 0.05) is 26.3 Å². The van der Waals surface area contributed by atoms with Crippen LogP contribution in [0.25, 0.3) is 0 Å². The number of halogens is 1. The van der Waals surface area contributed by atoms with Gasteiger partial charge in [-0.05, 0) is 18.4 Å². The molecule has 0 radical (unpaired) electrons. The fourth-order valence-corrected chi connectivity index (χ4v) is 2.50. The minimum atomic E-state index is -0.598. The van der Waals surface area contributed by atoms with Crippen LogP contribution in [0.5, 0.6) is 0 Å². The van der Waals surface area contributed by atoms with Crippen LogP contribution in [0.2, 0.25) is 0 Å². The zero-order valence-corrected chi connectivity index (χ0v) is 11.3. The van der Waals surface area contributed by atoms with E-state index < -0.39 is 5.38 Å². The minimum absolute atomic E-state index is 0.0326. The largest absolute Gasteiger partial charge is 0.381 e. The van der Waals surface area contributed by atoms with Gasteiger partial charge < -0.3 is 9.64 Å². The van der Waals surface area contributed by atoms with E-state index in [-0.39, 0.29) is 11.9 Å². The fraction of sp³-hybridized carbons (Fsp3) is 0.500. The Kier molecular flexibility index (Phi) is 4.61. The number of carbonyl (C=O) groups is 1. The molecule has 0 saturated carbocycles. The average Bonchev–Trinajstić information content (AvgIpc) is 2.47. The Morgan fingerprint density at radius 2 is 1.94 bits per heavy atom. The van der Waals surface area contributed by atoms with Crippen molar-refractivity contribution >= 4 is 17.5 Å². The van der Waals surface area contributed by atoms with E-state index in [1.54, 1.807) is 4.90 Å². The van der Waals surface area contributed by atoms with Gasteiger partial charge in [-0.25, -0.2) is 0 Å². The molecule has 98 valence electrons. The summed E-state index contributed by atoms with van der Waals surface area (Å²) in [6.07, 6.45) is 1.78. The molecule has 0 aliphatic carbocycles. The molecule has 0 aromatic heterocycles. The molecule has 1 aromatic rings. The van der Waals surface area contributed by atoms with E-state index in [1.165, 1.54) is 0 Å². The fourth-order valence-electron chi connectivity index (χ4n) is 2.20. The zero-order valence-electron chi connectivity index (χ0n) is 10.5. The topological polar surface area (TPSA) is 29.5 Å². The van der Waals surface area contributed by atoms with Crippen LogP contribution < -0.4 is 0 Å². The molecule has 1 saturated heterocycles. The third-order valence-corrected chi connectivity index (χ3v) is 3.83. The van der Waals surface area contributed by atoms with Gasteiger partial charge in [0.05, 0.1) is 0 Å². The molecule has 1 atom stereocenters. The van der Waals surface area contributed by atoms with Crippen molar-refractivity contribution < 1.29 is 9.53 Å². The number of amides is 1. The van der Waals surface area contributed by atoms with E-state index in [0.717, 1.165) is 31.6 Å². The lowest BCUT2D eigenvalue weighted by Gasteiger charge is -2.32. The lowest BCUT2D eigenvalue weighted by Crippen LogP contribution is -2.42. The molecular weight excluding hydrogens is 250 g/mol. The summed E-state index contributed by atoms with van der Waals surface area (Å²) < 4.78 is 5.30. The second kappa shape index (κ2) is 6.21. The number of carbonyl (C=O) groups excluding carboxylic acids is 1. The number of benzene rings is 1. The highest BCUT2D eigenvalue weighted by Gasteiger charge is 2.27. The lowest BCUT2D eigenvalue weighted by atomic mass is 10.1. The molecular formula is C14H18ClNO2. The number of rotatable bonds is 3. The van der Waals surface area contributed by atoms with Crippen molar-refractivity contribution in [2.24, 2.45) is 0 Å². The first-order valence-electron chi connectivity index (χ1n) is 6.23. The first-order chi connectivity index (χ1) is 8.70. The second-order valence-corrected chi connectivity index (χ2v) is 5.00. The Morgan fingerprint density at radius 1 is 1.33 bits per heavy atom. The molecule has 2 rings (SSSR count). The van der Waals surface area contributed by atoms with E-state index in [1.807, 2.05) is 37.4 Å². The van der Waals surface area contributed by atoms with Gasteiger partial charge in [0.1, 0.15) is 5.38 Å². The molecule has 18 heavy (non-hydrogen) atoms. The molecule has 1 unspecified atom stereocenters. The molecule has 1 aliphatic rings. The maximum Gasteiger partial charge on any atom is 0.245 e. The zero-order chi connectivity index (χ0) is 13.0. The number of likely N-dealkylation sites (N-methyl/N-ethyl adjacent to an activating group) is 1. The van der Waals surface area contributed by atoms with Crippen molar-refractivity contribution in [2.45, 2.75) is 24.3 Å². The molecule has 0 bridgehead atoms. The summed E-state index contributed by atoms with van der Waals surface area (Å²) >= 11 is 6.25. The van der Waals surface area contributed by atoms with Gasteiger partial charge in [-0.3, -0.25) is 4.79 Å². The molecule has 1 heterocycles. The van der Waals surface area contributed by atoms with Gasteiger partial charge in [-0.1, -0.05) is 30.3 Å². The maximum atomic E-state index is 12.3. The summed E-state index contributed by atoms with van der Waals surface area (Å²) in [5.74, 6) is -0.0326. The van der Waals surface area contributed by atoms with Crippen molar-refractivity contribution in [3.8, 4) is 0 Å². The van der Waals surface area contributed by atoms with Crippen molar-refractivity contribution in [2.75, 3.05) is 20.3 Å². The molecule has 0 N–H and O–H groups in total. The SMILES string of the molecule is CN(C(=O)C(Cl)c1ccccc1)C1CCOCC1. The highest BCUT2D eigenvalue weighted by atomic mass is 35.5. The quantitative estimate of drug-likeness (QED) is 0.788. The van der Waals surface area contributed by atoms with Crippen LogP contribution in [0, 0.1) is 0 Å². The Balaban J connectivity index is 2.01. The Bertz CT molecular complexity index is 390. The normalized spacial score (nSPS) is 18.3. The van der Waals surface area contributed by atoms with Crippen LogP contribution in [-0.2, 0) is 9.53 Å². The van der Waals surface area contributed by atoms with Crippen molar-refractivity contribution in [3.05, 3.63) is 35.9 Å². The molecule has 1 amide bonds. The van der Waals surface area contributed by atoms with E-state index in [9.17, 15) is 4.79 Å². The van der Waals surface area contributed by atoms with Gasteiger partial charge >= 0.3 is 0 Å². The second-order valence-electron chi connectivity index (χ2n) is 4.57. The van der Waals surface area contributed by atoms with Gasteiger partial charge in [0.25, 0.3) is 0 Å². The highest BCUT2D eigenvalue weighted by Crippen LogP contribution is 2.24. The Hall–Kier alpha value is -1.06. The summed E-state index contributed by atoms with van der Waals surface area (Å²) in [7, 11) is 1.83. The summed E-state index contributed by atoms with van der Waals surface area (Å²) in [4.78, 5) is 14.1. The van der Waals surface area contributed by atoms with Crippen LogP contribution in [0.1, 0.15) is 23.8 Å². The van der Waals surface area contributed by atoms with Gasteiger partial charge in [-0.15, -0.1) is 11.6 Å². The summed E-state index contributed by atoms with van der Waals surface area (Å²) in [6.45, 7) is 1.45. The predicted molar refractivity (Wildman–Crippen MR) is 71.6 cm³/mol. The number of nitrogens with zero attached hydrogens (tertiary/aromatic N) is 1. The molecule has 3 nitrogen and oxygen atoms in total. The summed E-state index contributed by atoms with van der Waals surface area (Å²) in [5, 5.41) is -0.598. The van der Waals surface area contributed by atoms with Crippen LogP contribution in [0.4, 0.5) is 0 Å². The molecule has 1 aromatic carbocycles. The number of hydrogen-bond donors (Lipinski definition) is 0. The van der Waals surface area contributed by atoms with Crippen LogP contribution >= 0.6 is 11.6 Å². The van der Waals surface area contributed by atoms with Gasteiger partial charge in [0.2, 0.25) is 5.91 Å². The minimum Gasteiger partial charge on any atom is -0.381 e. The van der Waals surface area contributed by atoms with E-state index >= 15 is 0 Å². The van der Waals surface area contributed by atoms with E-state index in [2.05, 4.69) is 0 Å². The highest BCUT2D eigenvalue weighted by molar-refractivity contribution is 6.30. The predicted octanol–water partition coefficient (Wildman–Crippen LogP) is 2.60. The van der Waals surface area contributed by atoms with Gasteiger partial charge in [0.15, 0.2) is 0 Å². The molecule has 1 fully saturated rings. The number of alkyl halides is 1. The van der Waals surface area contributed by atoms with Crippen molar-refractivity contribution in [1.82, 2.24) is 4.90 Å². The van der Waals surface area contributed by atoms with Crippen molar-refractivity contribution in [1.29, 1.82) is 0 Å². The molecule has 1 aliphatic heterocycles.